The second-order valence-corrected chi connectivity index (χ2v) is 3.76. The molecule has 82 valence electrons. The molecule has 3 nitrogen and oxygen atoms in total. The zero-order valence-electron chi connectivity index (χ0n) is 8.29. The molecule has 1 rings (SSSR count). The summed E-state index contributed by atoms with van der Waals surface area (Å²) in [7, 11) is 0. The maximum atomic E-state index is 12.2. The van der Waals surface area contributed by atoms with E-state index in [9.17, 15) is 23.1 Å². The fraction of sp³-hybridized carbons (Fsp3) is 0.143. The molecule has 1 aromatic carbocycles. The summed E-state index contributed by atoms with van der Waals surface area (Å²) in [6.07, 6.45) is -1.25. The van der Waals surface area contributed by atoms with Crippen molar-refractivity contribution in [1.82, 2.24) is 0 Å². The monoisotopic (exact) mass is 321 g/mol. The van der Waals surface area contributed by atoms with E-state index in [1.807, 2.05) is 0 Å². The number of halogens is 4. The molecule has 0 spiro atoms. The average Bonchev–Trinajstić information content (AvgIpc) is 2.05. The molecule has 0 unspecified atom stereocenters. The summed E-state index contributed by atoms with van der Waals surface area (Å²) in [4.78, 5) is 9.67. The van der Waals surface area contributed by atoms with E-state index in [1.165, 1.54) is 12.1 Å². The number of hydrogen-bond acceptors (Lipinski definition) is 2. The standard InChI is InChI=1S/C7H5BBrF3NO2.K/c9-6-2-1-3-7(13(14)15)5(6)4-8(10,11)12;/h1-3H,4H2;/q-1;+1. The molecule has 0 aliphatic heterocycles. The van der Waals surface area contributed by atoms with Crippen LogP contribution in [0.2, 0.25) is 0 Å². The van der Waals surface area contributed by atoms with Gasteiger partial charge in [0.05, 0.1) is 4.92 Å². The molecule has 0 heterocycles. The van der Waals surface area contributed by atoms with Crippen LogP contribution in [0.3, 0.4) is 0 Å². The van der Waals surface area contributed by atoms with Gasteiger partial charge in [0.25, 0.3) is 5.69 Å². The van der Waals surface area contributed by atoms with Crippen molar-refractivity contribution in [1.29, 1.82) is 0 Å². The summed E-state index contributed by atoms with van der Waals surface area (Å²) < 4.78 is 36.7. The normalized spacial score (nSPS) is 10.8. The first-order valence-corrected chi connectivity index (χ1v) is 4.73. The van der Waals surface area contributed by atoms with Crippen molar-refractivity contribution < 1.29 is 69.3 Å². The van der Waals surface area contributed by atoms with Crippen LogP contribution in [0.5, 0.6) is 0 Å². The third kappa shape index (κ3) is 4.84. The molecule has 0 amide bonds. The molecular weight excluding hydrogens is 317 g/mol. The number of hydrogen-bond donors (Lipinski definition) is 0. The Morgan fingerprint density at radius 2 is 1.94 bits per heavy atom. The van der Waals surface area contributed by atoms with E-state index in [4.69, 9.17) is 0 Å². The maximum absolute atomic E-state index is 12.2. The van der Waals surface area contributed by atoms with Gasteiger partial charge in [-0.1, -0.05) is 28.3 Å². The molecule has 0 aliphatic carbocycles. The molecule has 1 aromatic rings. The van der Waals surface area contributed by atoms with E-state index in [1.54, 1.807) is 0 Å². The Balaban J connectivity index is 0.00000225. The molecule has 0 saturated carbocycles. The summed E-state index contributed by atoms with van der Waals surface area (Å²) in [5.74, 6) is 0. The molecule has 0 N–H and O–H groups in total. The molecule has 0 fully saturated rings. The molecular formula is C7H5BBrF3KNO2. The van der Waals surface area contributed by atoms with Crippen molar-refractivity contribution in [3.8, 4) is 0 Å². The van der Waals surface area contributed by atoms with Gasteiger partial charge in [-0.25, -0.2) is 0 Å². The number of benzene rings is 1. The molecule has 9 heteroatoms. The summed E-state index contributed by atoms with van der Waals surface area (Å²) in [6.45, 7) is -5.08. The van der Waals surface area contributed by atoms with Gasteiger partial charge in [0.1, 0.15) is 0 Å². The van der Waals surface area contributed by atoms with Crippen molar-refractivity contribution in [3.05, 3.63) is 38.3 Å². The smallest absolute Gasteiger partial charge is 0.449 e. The molecule has 0 radical (unpaired) electrons. The third-order valence-electron chi connectivity index (χ3n) is 1.73. The first-order chi connectivity index (χ1) is 6.81. The summed E-state index contributed by atoms with van der Waals surface area (Å²) in [5, 5.41) is 10.5. The molecule has 0 saturated heterocycles. The van der Waals surface area contributed by atoms with Crippen LogP contribution >= 0.6 is 15.9 Å². The van der Waals surface area contributed by atoms with E-state index < -0.39 is 23.9 Å². The predicted molar refractivity (Wildman–Crippen MR) is 53.6 cm³/mol. The Morgan fingerprint density at radius 3 is 2.38 bits per heavy atom. The first kappa shape index (κ1) is 16.6. The maximum Gasteiger partial charge on any atom is 1.00 e. The van der Waals surface area contributed by atoms with Gasteiger partial charge in [-0.2, -0.15) is 0 Å². The van der Waals surface area contributed by atoms with Crippen LogP contribution < -0.4 is 51.4 Å². The van der Waals surface area contributed by atoms with E-state index in [-0.39, 0.29) is 61.4 Å². The van der Waals surface area contributed by atoms with Gasteiger partial charge >= 0.3 is 58.4 Å². The van der Waals surface area contributed by atoms with Gasteiger partial charge in [-0.15, -0.1) is 0 Å². The van der Waals surface area contributed by atoms with Gasteiger partial charge in [0.2, 0.25) is 0 Å². The SMILES string of the molecule is O=[N+]([O-])c1cccc(Br)c1C[B-](F)(F)F.[K+]. The Hall–Kier alpha value is 0.591. The fourth-order valence-electron chi connectivity index (χ4n) is 1.15. The van der Waals surface area contributed by atoms with Crippen LogP contribution in [0.25, 0.3) is 0 Å². The van der Waals surface area contributed by atoms with Crippen molar-refractivity contribution in [3.63, 3.8) is 0 Å². The minimum atomic E-state index is -5.08. The van der Waals surface area contributed by atoms with Crippen molar-refractivity contribution >= 4 is 28.6 Å². The van der Waals surface area contributed by atoms with Crippen LogP contribution in [0.4, 0.5) is 18.6 Å². The van der Waals surface area contributed by atoms with Gasteiger partial charge in [0.15, 0.2) is 0 Å². The van der Waals surface area contributed by atoms with E-state index >= 15 is 0 Å². The van der Waals surface area contributed by atoms with Gasteiger partial charge < -0.3 is 12.9 Å². The van der Waals surface area contributed by atoms with E-state index in [0.29, 0.717) is 0 Å². The molecule has 0 aromatic heterocycles. The zero-order valence-corrected chi connectivity index (χ0v) is 13.0. The largest absolute Gasteiger partial charge is 1.00 e. The molecule has 16 heavy (non-hydrogen) atoms. The summed E-state index contributed by atoms with van der Waals surface area (Å²) >= 11 is 2.87. The minimum Gasteiger partial charge on any atom is -0.449 e. The fourth-order valence-corrected chi connectivity index (χ4v) is 1.67. The van der Waals surface area contributed by atoms with Crippen LogP contribution in [-0.2, 0) is 6.32 Å². The van der Waals surface area contributed by atoms with Crippen LogP contribution in [0, 0.1) is 10.1 Å². The van der Waals surface area contributed by atoms with Crippen molar-refractivity contribution in [2.24, 2.45) is 0 Å². The average molecular weight is 322 g/mol. The Labute approximate surface area is 141 Å². The van der Waals surface area contributed by atoms with Crippen LogP contribution in [-0.4, -0.2) is 11.9 Å². The van der Waals surface area contributed by atoms with Crippen molar-refractivity contribution in [2.45, 2.75) is 6.32 Å². The number of rotatable bonds is 3. The zero-order chi connectivity index (χ0) is 11.6. The summed E-state index contributed by atoms with van der Waals surface area (Å²) in [6, 6.07) is 3.74. The minimum absolute atomic E-state index is 0. The second-order valence-electron chi connectivity index (χ2n) is 2.91. The van der Waals surface area contributed by atoms with Crippen LogP contribution in [0.15, 0.2) is 22.7 Å². The topological polar surface area (TPSA) is 43.1 Å². The van der Waals surface area contributed by atoms with E-state index in [2.05, 4.69) is 15.9 Å². The Bertz CT molecular complexity index is 402. The second kappa shape index (κ2) is 6.50. The van der Waals surface area contributed by atoms with Gasteiger partial charge in [-0.05, 0) is 6.07 Å². The van der Waals surface area contributed by atoms with Crippen molar-refractivity contribution in [2.75, 3.05) is 0 Å². The number of nitro benzene ring substituents is 1. The van der Waals surface area contributed by atoms with Crippen LogP contribution in [0.1, 0.15) is 5.56 Å². The van der Waals surface area contributed by atoms with Gasteiger partial charge in [-0.3, -0.25) is 10.1 Å². The Kier molecular flexibility index (Phi) is 6.74. The Morgan fingerprint density at radius 1 is 1.38 bits per heavy atom. The quantitative estimate of drug-likeness (QED) is 0.456. The summed E-state index contributed by atoms with van der Waals surface area (Å²) in [5.41, 5.74) is -0.835. The molecule has 0 aliphatic rings. The molecule has 0 bridgehead atoms. The number of nitrogens with zero attached hydrogens (tertiary/aromatic N) is 1. The molecule has 0 atom stereocenters. The first-order valence-electron chi connectivity index (χ1n) is 3.94. The van der Waals surface area contributed by atoms with E-state index in [0.717, 1.165) is 6.07 Å². The third-order valence-corrected chi connectivity index (χ3v) is 2.47. The number of nitro groups is 1. The van der Waals surface area contributed by atoms with Gasteiger partial charge in [0, 0.05) is 16.1 Å². The predicted octanol–water partition coefficient (Wildman–Crippen LogP) is 0.290.